The van der Waals surface area contributed by atoms with Gasteiger partial charge in [-0.1, -0.05) is 43.3 Å². The van der Waals surface area contributed by atoms with E-state index >= 15 is 0 Å². The van der Waals surface area contributed by atoms with Crippen LogP contribution in [-0.4, -0.2) is 63.4 Å². The number of nitrogens with one attached hydrogen (secondary N) is 4. The quantitative estimate of drug-likeness (QED) is 0.0484. The highest BCUT2D eigenvalue weighted by Crippen LogP contribution is 2.23. The Morgan fingerprint density at radius 3 is 1.76 bits per heavy atom. The van der Waals surface area contributed by atoms with Crippen LogP contribution in [0.3, 0.4) is 0 Å². The van der Waals surface area contributed by atoms with Crippen molar-refractivity contribution < 1.29 is 9.90 Å². The Labute approximate surface area is 223 Å². The summed E-state index contributed by atoms with van der Waals surface area (Å²) >= 11 is 0. The molecule has 0 fully saturated rings. The SMILES string of the molecule is [N-]=[N+]=Nc1ccc(C(=O)NCCCNCCCCCNCCCCCCCNCCCCCN)c(O)c1. The topological polar surface area (TPSA) is 160 Å². The summed E-state index contributed by atoms with van der Waals surface area (Å²) in [5.74, 6) is -0.533. The maximum atomic E-state index is 12.1. The monoisotopic (exact) mass is 518 g/mol. The number of amides is 1. The molecule has 37 heavy (non-hydrogen) atoms. The van der Waals surface area contributed by atoms with Gasteiger partial charge in [-0.3, -0.25) is 4.79 Å². The van der Waals surface area contributed by atoms with Gasteiger partial charge in [-0.25, -0.2) is 0 Å². The Morgan fingerprint density at radius 2 is 1.24 bits per heavy atom. The van der Waals surface area contributed by atoms with Crippen LogP contribution in [0.25, 0.3) is 10.4 Å². The third-order valence-corrected chi connectivity index (χ3v) is 6.17. The number of rotatable bonds is 25. The predicted molar refractivity (Wildman–Crippen MR) is 152 cm³/mol. The first-order chi connectivity index (χ1) is 18.2. The van der Waals surface area contributed by atoms with Crippen LogP contribution in [0.15, 0.2) is 23.3 Å². The van der Waals surface area contributed by atoms with Crippen molar-refractivity contribution in [1.29, 1.82) is 0 Å². The molecule has 0 bridgehead atoms. The molecule has 1 rings (SSSR count). The fraction of sp³-hybridized carbons (Fsp3) is 0.741. The molecule has 1 aromatic carbocycles. The highest BCUT2D eigenvalue weighted by Gasteiger charge is 2.10. The number of carbonyl (C=O) groups excluding carboxylic acids is 1. The smallest absolute Gasteiger partial charge is 0.255 e. The predicted octanol–water partition coefficient (Wildman–Crippen LogP) is 4.47. The number of nitrogens with zero attached hydrogens (tertiary/aromatic N) is 3. The van der Waals surface area contributed by atoms with E-state index in [1.54, 1.807) is 0 Å². The molecular weight excluding hydrogens is 468 g/mol. The number of hydrogen-bond donors (Lipinski definition) is 6. The van der Waals surface area contributed by atoms with Crippen LogP contribution < -0.4 is 27.0 Å². The zero-order chi connectivity index (χ0) is 26.8. The third-order valence-electron chi connectivity index (χ3n) is 6.17. The van der Waals surface area contributed by atoms with Gasteiger partial charge >= 0.3 is 0 Å². The molecule has 0 aliphatic rings. The first kappa shape index (κ1) is 32.7. The third kappa shape index (κ3) is 18.5. The minimum atomic E-state index is -0.338. The second-order valence-corrected chi connectivity index (χ2v) is 9.43. The van der Waals surface area contributed by atoms with Crippen molar-refractivity contribution in [2.75, 3.05) is 52.4 Å². The Kier molecular flexibility index (Phi) is 21.2. The van der Waals surface area contributed by atoms with Gasteiger partial charge in [0.25, 0.3) is 5.91 Å². The summed E-state index contributed by atoms with van der Waals surface area (Å²) in [6.45, 7) is 7.66. The van der Waals surface area contributed by atoms with Crippen molar-refractivity contribution in [3.63, 3.8) is 0 Å². The summed E-state index contributed by atoms with van der Waals surface area (Å²) in [5.41, 5.74) is 14.4. The largest absolute Gasteiger partial charge is 0.507 e. The van der Waals surface area contributed by atoms with E-state index in [0.29, 0.717) is 6.54 Å². The van der Waals surface area contributed by atoms with E-state index in [1.807, 2.05) is 0 Å². The number of benzene rings is 1. The van der Waals surface area contributed by atoms with Crippen LogP contribution in [0.4, 0.5) is 5.69 Å². The highest BCUT2D eigenvalue weighted by atomic mass is 16.3. The van der Waals surface area contributed by atoms with Gasteiger partial charge in [0.1, 0.15) is 5.75 Å². The van der Waals surface area contributed by atoms with Crippen LogP contribution in [0, 0.1) is 0 Å². The molecule has 0 aromatic heterocycles. The summed E-state index contributed by atoms with van der Waals surface area (Å²) in [5, 5.41) is 26.6. The molecule has 10 nitrogen and oxygen atoms in total. The van der Waals surface area contributed by atoms with Gasteiger partial charge in [0.15, 0.2) is 0 Å². The molecule has 0 unspecified atom stereocenters. The highest BCUT2D eigenvalue weighted by molar-refractivity contribution is 5.97. The Balaban J connectivity index is 1.80. The second kappa shape index (κ2) is 24.0. The molecule has 1 aromatic rings. The van der Waals surface area contributed by atoms with E-state index < -0.39 is 0 Å². The summed E-state index contributed by atoms with van der Waals surface area (Å²) in [6.07, 6.45) is 14.5. The average Bonchev–Trinajstić information content (AvgIpc) is 2.89. The van der Waals surface area contributed by atoms with Crippen molar-refractivity contribution in [2.45, 2.75) is 77.0 Å². The molecule has 0 saturated heterocycles. The Morgan fingerprint density at radius 1 is 0.757 bits per heavy atom. The Hall–Kier alpha value is -2.36. The zero-order valence-electron chi connectivity index (χ0n) is 22.6. The lowest BCUT2D eigenvalue weighted by molar-refractivity contribution is 0.0950. The maximum absolute atomic E-state index is 12.1. The van der Waals surface area contributed by atoms with E-state index in [4.69, 9.17) is 11.3 Å². The van der Waals surface area contributed by atoms with E-state index in [-0.39, 0.29) is 22.9 Å². The number of aromatic hydroxyl groups is 1. The van der Waals surface area contributed by atoms with Crippen LogP contribution in [0.5, 0.6) is 5.75 Å². The number of hydrogen-bond acceptors (Lipinski definition) is 7. The second-order valence-electron chi connectivity index (χ2n) is 9.43. The van der Waals surface area contributed by atoms with Crippen molar-refractivity contribution in [3.05, 3.63) is 34.2 Å². The number of carbonyl (C=O) groups is 1. The van der Waals surface area contributed by atoms with Gasteiger partial charge in [-0.05, 0) is 108 Å². The number of unbranched alkanes of at least 4 members (excludes halogenated alkanes) is 8. The van der Waals surface area contributed by atoms with Gasteiger partial charge in [-0.2, -0.15) is 0 Å². The molecular formula is C27H50N8O2. The normalized spacial score (nSPS) is 10.8. The average molecular weight is 519 g/mol. The molecule has 210 valence electrons. The molecule has 1 amide bonds. The van der Waals surface area contributed by atoms with E-state index in [9.17, 15) is 9.90 Å². The summed E-state index contributed by atoms with van der Waals surface area (Å²) < 4.78 is 0. The molecule has 7 N–H and O–H groups in total. The maximum Gasteiger partial charge on any atom is 0.255 e. The number of phenolic OH excluding ortho intramolecular Hbond substituents is 1. The van der Waals surface area contributed by atoms with E-state index in [2.05, 4.69) is 31.3 Å². The summed E-state index contributed by atoms with van der Waals surface area (Å²) in [7, 11) is 0. The Bertz CT molecular complexity index is 756. The van der Waals surface area contributed by atoms with Gasteiger partial charge in [0.2, 0.25) is 0 Å². The molecule has 0 spiro atoms. The fourth-order valence-electron chi connectivity index (χ4n) is 3.99. The van der Waals surface area contributed by atoms with Gasteiger partial charge in [-0.15, -0.1) is 0 Å². The minimum Gasteiger partial charge on any atom is -0.507 e. The fourth-order valence-corrected chi connectivity index (χ4v) is 3.99. The minimum absolute atomic E-state index is 0.173. The molecule has 0 heterocycles. The summed E-state index contributed by atoms with van der Waals surface area (Å²) in [4.78, 5) is 14.8. The zero-order valence-corrected chi connectivity index (χ0v) is 22.6. The first-order valence-corrected chi connectivity index (χ1v) is 14.2. The lowest BCUT2D eigenvalue weighted by Gasteiger charge is -2.08. The molecule has 0 radical (unpaired) electrons. The molecule has 0 aliphatic carbocycles. The van der Waals surface area contributed by atoms with Crippen molar-refractivity contribution in [3.8, 4) is 5.75 Å². The number of azide groups is 1. The van der Waals surface area contributed by atoms with E-state index in [1.165, 1.54) is 76.0 Å². The van der Waals surface area contributed by atoms with Crippen LogP contribution in [0.2, 0.25) is 0 Å². The standard InChI is InChI=1S/C27H50N8O2/c28-15-6-4-9-18-30-16-7-2-1-3-8-17-31-19-10-5-11-20-32-21-12-22-33-27(37)25-14-13-24(34-35-29)23-26(25)36/h13-14,23,30-32,36H,1-12,15-22,28H2,(H,33,37). The molecule has 0 atom stereocenters. The molecule has 0 saturated carbocycles. The summed E-state index contributed by atoms with van der Waals surface area (Å²) in [6, 6.07) is 4.23. The van der Waals surface area contributed by atoms with Gasteiger partial charge < -0.3 is 32.1 Å². The van der Waals surface area contributed by atoms with Crippen molar-refractivity contribution >= 4 is 11.6 Å². The van der Waals surface area contributed by atoms with Crippen LogP contribution in [0.1, 0.15) is 87.4 Å². The molecule has 10 heteroatoms. The van der Waals surface area contributed by atoms with Crippen LogP contribution >= 0.6 is 0 Å². The van der Waals surface area contributed by atoms with Crippen molar-refractivity contribution in [2.24, 2.45) is 10.8 Å². The number of nitrogens with two attached hydrogens (primary N) is 1. The lowest BCUT2D eigenvalue weighted by atomic mass is 10.1. The first-order valence-electron chi connectivity index (χ1n) is 14.2. The number of phenols is 1. The van der Waals surface area contributed by atoms with Gasteiger partial charge in [0.05, 0.1) is 5.56 Å². The van der Waals surface area contributed by atoms with Crippen molar-refractivity contribution in [1.82, 2.24) is 21.3 Å². The van der Waals surface area contributed by atoms with E-state index in [0.717, 1.165) is 65.1 Å². The molecule has 0 aliphatic heterocycles. The van der Waals surface area contributed by atoms with Crippen LogP contribution in [-0.2, 0) is 0 Å². The van der Waals surface area contributed by atoms with Gasteiger partial charge in [0, 0.05) is 17.1 Å². The lowest BCUT2D eigenvalue weighted by Crippen LogP contribution is -2.27.